The maximum absolute atomic E-state index is 12.2. The van der Waals surface area contributed by atoms with E-state index >= 15 is 0 Å². The normalized spacial score (nSPS) is 15.8. The summed E-state index contributed by atoms with van der Waals surface area (Å²) in [6.45, 7) is 1.62. The van der Waals surface area contributed by atoms with Gasteiger partial charge in [-0.15, -0.1) is 0 Å². The van der Waals surface area contributed by atoms with Gasteiger partial charge in [0, 0.05) is 32.4 Å². The van der Waals surface area contributed by atoms with Crippen LogP contribution in [0.1, 0.15) is 23.2 Å². The number of carbonyl (C=O) groups is 1. The number of anilines is 1. The molecule has 1 amide bonds. The summed E-state index contributed by atoms with van der Waals surface area (Å²) in [6, 6.07) is 8.59. The number of oxazole rings is 1. The first-order valence-electron chi connectivity index (χ1n) is 8.09. The number of rotatable bonds is 3. The molecule has 0 aliphatic carbocycles. The number of nitrogens with zero attached hydrogens (tertiary/aromatic N) is 4. The van der Waals surface area contributed by atoms with Gasteiger partial charge in [0.25, 0.3) is 11.9 Å². The van der Waals surface area contributed by atoms with Crippen molar-refractivity contribution in [3.8, 4) is 0 Å². The van der Waals surface area contributed by atoms with Crippen molar-refractivity contribution >= 4 is 23.0 Å². The quantitative estimate of drug-likeness (QED) is 0.796. The van der Waals surface area contributed by atoms with Crippen molar-refractivity contribution in [2.75, 3.05) is 18.0 Å². The summed E-state index contributed by atoms with van der Waals surface area (Å²) in [5.41, 5.74) is 2.28. The minimum absolute atomic E-state index is 0.0663. The molecule has 0 saturated carbocycles. The Kier molecular flexibility index (Phi) is 3.68. The van der Waals surface area contributed by atoms with Gasteiger partial charge in [0.2, 0.25) is 0 Å². The molecule has 0 bridgehead atoms. The number of piperidine rings is 1. The third-order valence-corrected chi connectivity index (χ3v) is 4.35. The standard InChI is InChI=1S/C17H19N5O2/c1-21-11-12(10-18-21)16(23)19-13-6-8-22(9-7-13)17-20-14-4-2-3-5-15(14)24-17/h2-5,10-11,13H,6-9H2,1H3,(H,19,23). The zero-order valence-electron chi connectivity index (χ0n) is 13.5. The zero-order valence-corrected chi connectivity index (χ0v) is 13.5. The molecule has 0 unspecified atom stereocenters. The fourth-order valence-electron chi connectivity index (χ4n) is 3.02. The van der Waals surface area contributed by atoms with Crippen LogP contribution in [0.25, 0.3) is 11.1 Å². The molecule has 1 saturated heterocycles. The van der Waals surface area contributed by atoms with Crippen LogP contribution >= 0.6 is 0 Å². The fraction of sp³-hybridized carbons (Fsp3) is 0.353. The summed E-state index contributed by atoms with van der Waals surface area (Å²) in [6.07, 6.45) is 5.04. The lowest BCUT2D eigenvalue weighted by molar-refractivity contribution is 0.0931. The molecular formula is C17H19N5O2. The van der Waals surface area contributed by atoms with E-state index in [1.165, 1.54) is 0 Å². The van der Waals surface area contributed by atoms with Crippen molar-refractivity contribution in [3.63, 3.8) is 0 Å². The average Bonchev–Trinajstić information content (AvgIpc) is 3.21. The highest BCUT2D eigenvalue weighted by atomic mass is 16.4. The first-order chi connectivity index (χ1) is 11.7. The molecular weight excluding hydrogens is 306 g/mol. The van der Waals surface area contributed by atoms with Gasteiger partial charge in [-0.1, -0.05) is 12.1 Å². The average molecular weight is 325 g/mol. The van der Waals surface area contributed by atoms with Gasteiger partial charge in [-0.2, -0.15) is 10.1 Å². The van der Waals surface area contributed by atoms with Gasteiger partial charge in [-0.05, 0) is 25.0 Å². The van der Waals surface area contributed by atoms with Crippen LogP contribution in [0.3, 0.4) is 0 Å². The molecule has 3 heterocycles. The van der Waals surface area contributed by atoms with Crippen LogP contribution in [-0.2, 0) is 7.05 Å². The van der Waals surface area contributed by atoms with Crippen molar-refractivity contribution in [1.29, 1.82) is 0 Å². The first kappa shape index (κ1) is 14.7. The van der Waals surface area contributed by atoms with Crippen molar-refractivity contribution in [2.45, 2.75) is 18.9 Å². The Balaban J connectivity index is 1.37. The number of benzene rings is 1. The van der Waals surface area contributed by atoms with E-state index in [4.69, 9.17) is 4.42 Å². The van der Waals surface area contributed by atoms with Crippen LogP contribution in [0.5, 0.6) is 0 Å². The monoisotopic (exact) mass is 325 g/mol. The molecule has 7 heteroatoms. The van der Waals surface area contributed by atoms with Crippen molar-refractivity contribution in [1.82, 2.24) is 20.1 Å². The van der Waals surface area contributed by atoms with E-state index < -0.39 is 0 Å². The number of aromatic nitrogens is 3. The highest BCUT2D eigenvalue weighted by Gasteiger charge is 2.24. The Morgan fingerprint density at radius 3 is 2.79 bits per heavy atom. The van der Waals surface area contributed by atoms with Crippen molar-refractivity contribution < 1.29 is 9.21 Å². The largest absolute Gasteiger partial charge is 0.423 e. The van der Waals surface area contributed by atoms with E-state index in [2.05, 4.69) is 20.3 Å². The second-order valence-corrected chi connectivity index (χ2v) is 6.10. The lowest BCUT2D eigenvalue weighted by Gasteiger charge is -2.31. The number of hydrogen-bond donors (Lipinski definition) is 1. The maximum Gasteiger partial charge on any atom is 0.298 e. The third kappa shape index (κ3) is 2.84. The van der Waals surface area contributed by atoms with E-state index in [9.17, 15) is 4.79 Å². The molecule has 0 radical (unpaired) electrons. The first-order valence-corrected chi connectivity index (χ1v) is 8.09. The Labute approximate surface area is 139 Å². The summed E-state index contributed by atoms with van der Waals surface area (Å²) < 4.78 is 7.44. The Hall–Kier alpha value is -2.83. The third-order valence-electron chi connectivity index (χ3n) is 4.35. The summed E-state index contributed by atoms with van der Waals surface area (Å²) in [4.78, 5) is 18.9. The number of nitrogens with one attached hydrogen (secondary N) is 1. The second kappa shape index (κ2) is 5.99. The predicted molar refractivity (Wildman–Crippen MR) is 89.9 cm³/mol. The van der Waals surface area contributed by atoms with Crippen LogP contribution in [0.2, 0.25) is 0 Å². The highest BCUT2D eigenvalue weighted by molar-refractivity contribution is 5.93. The Morgan fingerprint density at radius 2 is 2.08 bits per heavy atom. The van der Waals surface area contributed by atoms with Crippen molar-refractivity contribution in [2.24, 2.45) is 7.05 Å². The van der Waals surface area contributed by atoms with Gasteiger partial charge in [-0.3, -0.25) is 9.48 Å². The number of carbonyl (C=O) groups excluding carboxylic acids is 1. The van der Waals surface area contributed by atoms with Gasteiger partial charge in [0.1, 0.15) is 5.52 Å². The second-order valence-electron chi connectivity index (χ2n) is 6.10. The molecule has 7 nitrogen and oxygen atoms in total. The smallest absolute Gasteiger partial charge is 0.298 e. The van der Waals surface area contributed by atoms with Gasteiger partial charge < -0.3 is 14.6 Å². The molecule has 124 valence electrons. The topological polar surface area (TPSA) is 76.2 Å². The molecule has 3 aromatic rings. The van der Waals surface area contributed by atoms with E-state index in [0.29, 0.717) is 11.6 Å². The molecule has 2 aromatic heterocycles. The van der Waals surface area contributed by atoms with E-state index in [1.54, 1.807) is 24.1 Å². The van der Waals surface area contributed by atoms with Crippen molar-refractivity contribution in [3.05, 3.63) is 42.2 Å². The molecule has 0 spiro atoms. The summed E-state index contributed by atoms with van der Waals surface area (Å²) in [5.74, 6) is -0.0663. The Morgan fingerprint density at radius 1 is 1.29 bits per heavy atom. The fourth-order valence-corrected chi connectivity index (χ4v) is 3.02. The van der Waals surface area contributed by atoms with Crippen LogP contribution in [0.4, 0.5) is 6.01 Å². The summed E-state index contributed by atoms with van der Waals surface area (Å²) in [7, 11) is 1.80. The predicted octanol–water partition coefficient (Wildman–Crippen LogP) is 1.96. The molecule has 1 aliphatic heterocycles. The molecule has 1 aliphatic rings. The molecule has 1 N–H and O–H groups in total. The number of hydrogen-bond acceptors (Lipinski definition) is 5. The minimum Gasteiger partial charge on any atom is -0.423 e. The Bertz CT molecular complexity index is 828. The summed E-state index contributed by atoms with van der Waals surface area (Å²) in [5, 5.41) is 7.11. The maximum atomic E-state index is 12.2. The van der Waals surface area contributed by atoms with Crippen LogP contribution in [0, 0.1) is 0 Å². The molecule has 0 atom stereocenters. The summed E-state index contributed by atoms with van der Waals surface area (Å²) >= 11 is 0. The number of aryl methyl sites for hydroxylation is 1. The van der Waals surface area contributed by atoms with Crippen LogP contribution < -0.4 is 10.2 Å². The molecule has 1 aromatic carbocycles. The number of amides is 1. The zero-order chi connectivity index (χ0) is 16.5. The SMILES string of the molecule is Cn1cc(C(=O)NC2CCN(c3nc4ccccc4o3)CC2)cn1. The molecule has 4 rings (SSSR count). The minimum atomic E-state index is -0.0663. The van der Waals surface area contributed by atoms with E-state index in [0.717, 1.165) is 37.0 Å². The van der Waals surface area contributed by atoms with Crippen LogP contribution in [-0.4, -0.2) is 39.8 Å². The van der Waals surface area contributed by atoms with Gasteiger partial charge in [0.05, 0.1) is 11.8 Å². The van der Waals surface area contributed by atoms with E-state index in [1.807, 2.05) is 24.3 Å². The lowest BCUT2D eigenvalue weighted by Crippen LogP contribution is -2.44. The highest BCUT2D eigenvalue weighted by Crippen LogP contribution is 2.24. The number of fused-ring (bicyclic) bond motifs is 1. The van der Waals surface area contributed by atoms with Gasteiger partial charge in [0.15, 0.2) is 5.58 Å². The molecule has 1 fully saturated rings. The van der Waals surface area contributed by atoms with Gasteiger partial charge >= 0.3 is 0 Å². The number of para-hydroxylation sites is 2. The van der Waals surface area contributed by atoms with Gasteiger partial charge in [-0.25, -0.2) is 0 Å². The lowest BCUT2D eigenvalue weighted by atomic mass is 10.1. The molecule has 24 heavy (non-hydrogen) atoms. The van der Waals surface area contributed by atoms with Crippen LogP contribution in [0.15, 0.2) is 41.1 Å². The van der Waals surface area contributed by atoms with E-state index in [-0.39, 0.29) is 11.9 Å².